The molecule has 0 aliphatic carbocycles. The maximum absolute atomic E-state index is 12.9. The van der Waals surface area contributed by atoms with Crippen LogP contribution in [0, 0.1) is 6.92 Å². The highest BCUT2D eigenvalue weighted by molar-refractivity contribution is 5.82. The van der Waals surface area contributed by atoms with Crippen molar-refractivity contribution in [2.75, 3.05) is 32.8 Å². The third kappa shape index (κ3) is 3.86. The van der Waals surface area contributed by atoms with Crippen molar-refractivity contribution < 1.29 is 14.3 Å². The van der Waals surface area contributed by atoms with Crippen LogP contribution in [-0.2, 0) is 11.3 Å². The number of pyridine rings is 1. The lowest BCUT2D eigenvalue weighted by atomic mass is 10.2. The van der Waals surface area contributed by atoms with Gasteiger partial charge in [0.15, 0.2) is 11.5 Å². The quantitative estimate of drug-likeness (QED) is 0.639. The molecular weight excluding hydrogens is 396 g/mol. The van der Waals surface area contributed by atoms with Crippen LogP contribution in [0.4, 0.5) is 0 Å². The Balaban J connectivity index is 1.21. The summed E-state index contributed by atoms with van der Waals surface area (Å²) in [4.78, 5) is 34.1. The van der Waals surface area contributed by atoms with Gasteiger partial charge in [0.05, 0.1) is 5.69 Å². The minimum Gasteiger partial charge on any atom is -0.485 e. The number of aromatic nitrogens is 2. The number of piperazine rings is 1. The molecule has 0 unspecified atom stereocenters. The molecule has 0 N–H and O–H groups in total. The lowest BCUT2D eigenvalue weighted by molar-refractivity contribution is -0.143. The van der Waals surface area contributed by atoms with Gasteiger partial charge in [-0.15, -0.1) is 0 Å². The summed E-state index contributed by atoms with van der Waals surface area (Å²) in [5, 5.41) is 0. The van der Waals surface area contributed by atoms with E-state index in [1.165, 1.54) is 0 Å². The highest BCUT2D eigenvalue weighted by Crippen LogP contribution is 2.31. The van der Waals surface area contributed by atoms with E-state index < -0.39 is 6.10 Å². The summed E-state index contributed by atoms with van der Waals surface area (Å²) in [7, 11) is 0. The molecule has 0 radical (unpaired) electrons. The SMILES string of the molecule is Cc1cccc2nc(CN3CCN(C(=O)[C@H]4COc5ccccc5O4)CC3)cc(=O)n12. The fraction of sp³-hybridized carbons (Fsp3) is 0.348. The Bertz CT molecular complexity index is 1180. The van der Waals surface area contributed by atoms with E-state index in [0.717, 1.165) is 11.4 Å². The van der Waals surface area contributed by atoms with Crippen LogP contribution in [-0.4, -0.2) is 64.0 Å². The van der Waals surface area contributed by atoms with E-state index in [-0.39, 0.29) is 18.1 Å². The number of aryl methyl sites for hydroxylation is 1. The molecule has 2 aromatic heterocycles. The Morgan fingerprint density at radius 3 is 2.65 bits per heavy atom. The van der Waals surface area contributed by atoms with E-state index in [0.29, 0.717) is 49.9 Å². The van der Waals surface area contributed by atoms with Gasteiger partial charge in [-0.05, 0) is 31.2 Å². The molecule has 1 fully saturated rings. The number of nitrogens with zero attached hydrogens (tertiary/aromatic N) is 4. The Hall–Kier alpha value is -3.39. The molecule has 31 heavy (non-hydrogen) atoms. The fourth-order valence-electron chi connectivity index (χ4n) is 4.14. The van der Waals surface area contributed by atoms with Gasteiger partial charge in [0, 0.05) is 44.5 Å². The van der Waals surface area contributed by atoms with Gasteiger partial charge in [0.25, 0.3) is 11.5 Å². The van der Waals surface area contributed by atoms with Gasteiger partial charge in [-0.25, -0.2) is 4.98 Å². The summed E-state index contributed by atoms with van der Waals surface area (Å²) in [6.07, 6.45) is -0.619. The summed E-state index contributed by atoms with van der Waals surface area (Å²) in [5.41, 5.74) is 2.20. The van der Waals surface area contributed by atoms with Gasteiger partial charge in [0.2, 0.25) is 6.10 Å². The maximum Gasteiger partial charge on any atom is 0.267 e. The molecule has 0 bridgehead atoms. The van der Waals surface area contributed by atoms with Crippen molar-refractivity contribution in [1.82, 2.24) is 19.2 Å². The first kappa shape index (κ1) is 19.6. The molecule has 160 valence electrons. The van der Waals surface area contributed by atoms with E-state index in [1.54, 1.807) is 10.5 Å². The van der Waals surface area contributed by atoms with Gasteiger partial charge < -0.3 is 14.4 Å². The molecule has 8 heteroatoms. The van der Waals surface area contributed by atoms with Crippen LogP contribution in [0.2, 0.25) is 0 Å². The summed E-state index contributed by atoms with van der Waals surface area (Å²) in [6.45, 7) is 5.33. The molecule has 2 aliphatic heterocycles. The normalized spacial score (nSPS) is 18.9. The number of benzene rings is 1. The van der Waals surface area contributed by atoms with Crippen LogP contribution in [0.15, 0.2) is 53.3 Å². The second kappa shape index (κ2) is 8.03. The summed E-state index contributed by atoms with van der Waals surface area (Å²) < 4.78 is 13.2. The predicted molar refractivity (Wildman–Crippen MR) is 114 cm³/mol. The molecule has 2 aliphatic rings. The number of hydrogen-bond donors (Lipinski definition) is 0. The van der Waals surface area contributed by atoms with Crippen LogP contribution in [0.25, 0.3) is 5.65 Å². The molecule has 4 heterocycles. The number of ether oxygens (including phenoxy) is 2. The van der Waals surface area contributed by atoms with Crippen molar-refractivity contribution in [1.29, 1.82) is 0 Å². The topological polar surface area (TPSA) is 76.4 Å². The van der Waals surface area contributed by atoms with Crippen molar-refractivity contribution in [3.8, 4) is 11.5 Å². The minimum atomic E-state index is -0.619. The van der Waals surface area contributed by atoms with E-state index in [1.807, 2.05) is 54.3 Å². The van der Waals surface area contributed by atoms with Gasteiger partial charge in [0.1, 0.15) is 12.3 Å². The zero-order chi connectivity index (χ0) is 21.4. The number of carbonyl (C=O) groups excluding carboxylic acids is 1. The van der Waals surface area contributed by atoms with E-state index in [9.17, 15) is 9.59 Å². The zero-order valence-electron chi connectivity index (χ0n) is 17.4. The van der Waals surface area contributed by atoms with Crippen molar-refractivity contribution in [2.24, 2.45) is 0 Å². The number of hydrogen-bond acceptors (Lipinski definition) is 6. The van der Waals surface area contributed by atoms with E-state index in [4.69, 9.17) is 9.47 Å². The Morgan fingerprint density at radius 1 is 1.06 bits per heavy atom. The molecule has 1 saturated heterocycles. The third-order valence-corrected chi connectivity index (χ3v) is 5.79. The summed E-state index contributed by atoms with van der Waals surface area (Å²) >= 11 is 0. The van der Waals surface area contributed by atoms with Crippen molar-refractivity contribution >= 4 is 11.6 Å². The Kier molecular flexibility index (Phi) is 5.07. The summed E-state index contributed by atoms with van der Waals surface area (Å²) in [6, 6.07) is 14.6. The minimum absolute atomic E-state index is 0.0493. The monoisotopic (exact) mass is 420 g/mol. The largest absolute Gasteiger partial charge is 0.485 e. The molecule has 3 aromatic rings. The smallest absolute Gasteiger partial charge is 0.267 e. The number of fused-ring (bicyclic) bond motifs is 2. The molecule has 8 nitrogen and oxygen atoms in total. The second-order valence-electron chi connectivity index (χ2n) is 7.91. The van der Waals surface area contributed by atoms with Gasteiger partial charge in [-0.1, -0.05) is 18.2 Å². The van der Waals surface area contributed by atoms with Crippen molar-refractivity contribution in [3.63, 3.8) is 0 Å². The fourth-order valence-corrected chi connectivity index (χ4v) is 4.14. The molecule has 0 spiro atoms. The number of amides is 1. The van der Waals surface area contributed by atoms with Crippen LogP contribution < -0.4 is 15.0 Å². The second-order valence-corrected chi connectivity index (χ2v) is 7.91. The Labute approximate surface area is 179 Å². The first-order valence-corrected chi connectivity index (χ1v) is 10.5. The number of para-hydroxylation sites is 2. The summed E-state index contributed by atoms with van der Waals surface area (Å²) in [5.74, 6) is 1.23. The molecule has 1 amide bonds. The van der Waals surface area contributed by atoms with Crippen molar-refractivity contribution in [2.45, 2.75) is 19.6 Å². The van der Waals surface area contributed by atoms with E-state index >= 15 is 0 Å². The van der Waals surface area contributed by atoms with Gasteiger partial charge >= 0.3 is 0 Å². The molecule has 5 rings (SSSR count). The molecule has 0 saturated carbocycles. The highest BCUT2D eigenvalue weighted by atomic mass is 16.6. The van der Waals surface area contributed by atoms with Crippen LogP contribution in [0.5, 0.6) is 11.5 Å². The van der Waals surface area contributed by atoms with Gasteiger partial charge in [-0.2, -0.15) is 0 Å². The van der Waals surface area contributed by atoms with Crippen molar-refractivity contribution in [3.05, 3.63) is 70.3 Å². The number of rotatable bonds is 3. The van der Waals surface area contributed by atoms with Crippen LogP contribution >= 0.6 is 0 Å². The maximum atomic E-state index is 12.9. The molecular formula is C23H24N4O4. The molecule has 1 atom stereocenters. The van der Waals surface area contributed by atoms with Gasteiger partial charge in [-0.3, -0.25) is 18.9 Å². The lowest BCUT2D eigenvalue weighted by Crippen LogP contribution is -2.53. The average molecular weight is 420 g/mol. The van der Waals surface area contributed by atoms with E-state index in [2.05, 4.69) is 9.88 Å². The Morgan fingerprint density at radius 2 is 1.84 bits per heavy atom. The third-order valence-electron chi connectivity index (χ3n) is 5.79. The first-order chi connectivity index (χ1) is 15.1. The standard InChI is InChI=1S/C23H24N4O4/c1-16-5-4-8-21-24-17(13-22(28)27(16)21)14-25-9-11-26(12-10-25)23(29)20-15-30-18-6-2-3-7-19(18)31-20/h2-8,13,20H,9-12,14-15H2,1H3/t20-/m1/s1. The average Bonchev–Trinajstić information content (AvgIpc) is 2.78. The number of carbonyl (C=O) groups is 1. The molecule has 1 aromatic carbocycles. The predicted octanol–water partition coefficient (Wildman–Crippen LogP) is 1.49. The zero-order valence-corrected chi connectivity index (χ0v) is 17.4. The lowest BCUT2D eigenvalue weighted by Gasteiger charge is -2.37. The highest BCUT2D eigenvalue weighted by Gasteiger charge is 2.32. The van der Waals surface area contributed by atoms with Crippen LogP contribution in [0.1, 0.15) is 11.4 Å². The first-order valence-electron chi connectivity index (χ1n) is 10.5. The van der Waals surface area contributed by atoms with Crippen LogP contribution in [0.3, 0.4) is 0 Å².